The number of nitrogens with two attached hydrogens (primary N) is 1. The molecule has 0 aliphatic rings. The van der Waals surface area contributed by atoms with Gasteiger partial charge >= 0.3 is 0 Å². The Morgan fingerprint density at radius 3 is 2.82 bits per heavy atom. The normalized spacial score (nSPS) is 10.2. The zero-order chi connectivity index (χ0) is 12.4. The summed E-state index contributed by atoms with van der Waals surface area (Å²) < 4.78 is 0. The lowest BCUT2D eigenvalue weighted by molar-refractivity contribution is 0.102. The van der Waals surface area contributed by atoms with Crippen LogP contribution in [0.15, 0.2) is 24.4 Å². The summed E-state index contributed by atoms with van der Waals surface area (Å²) in [5.41, 5.74) is 9.25. The maximum atomic E-state index is 11.9. The minimum absolute atomic E-state index is 0.214. The topological polar surface area (TPSA) is 83.8 Å². The molecule has 5 heteroatoms. The van der Waals surface area contributed by atoms with Crippen molar-refractivity contribution >= 4 is 17.3 Å². The molecule has 2 rings (SSSR count). The van der Waals surface area contributed by atoms with Crippen LogP contribution in [0, 0.1) is 13.8 Å². The lowest BCUT2D eigenvalue weighted by atomic mass is 10.2. The van der Waals surface area contributed by atoms with Crippen LogP contribution >= 0.6 is 0 Å². The van der Waals surface area contributed by atoms with Gasteiger partial charge in [0.25, 0.3) is 5.91 Å². The SMILES string of the molecule is Cc1ccc(N)c(NC(=O)c2cn[nH]c2C)c1. The van der Waals surface area contributed by atoms with Crippen LogP contribution in [0.4, 0.5) is 11.4 Å². The molecule has 0 saturated carbocycles. The van der Waals surface area contributed by atoms with Gasteiger partial charge in [0.1, 0.15) is 0 Å². The number of nitrogens with zero attached hydrogens (tertiary/aromatic N) is 1. The van der Waals surface area contributed by atoms with E-state index in [1.54, 1.807) is 13.0 Å². The lowest BCUT2D eigenvalue weighted by Gasteiger charge is -2.08. The fourth-order valence-electron chi connectivity index (χ4n) is 1.55. The molecule has 0 atom stereocenters. The second kappa shape index (κ2) is 4.29. The van der Waals surface area contributed by atoms with Crippen LogP contribution in [0.3, 0.4) is 0 Å². The van der Waals surface area contributed by atoms with Crippen LogP contribution in [0.5, 0.6) is 0 Å². The summed E-state index contributed by atoms with van der Waals surface area (Å²) in [5.74, 6) is -0.214. The van der Waals surface area contributed by atoms with Gasteiger partial charge in [0, 0.05) is 5.69 Å². The van der Waals surface area contributed by atoms with Gasteiger partial charge < -0.3 is 11.1 Å². The molecule has 88 valence electrons. The zero-order valence-electron chi connectivity index (χ0n) is 9.74. The van der Waals surface area contributed by atoms with E-state index in [-0.39, 0.29) is 5.91 Å². The summed E-state index contributed by atoms with van der Waals surface area (Å²) >= 11 is 0. The molecule has 1 aromatic heterocycles. The minimum Gasteiger partial charge on any atom is -0.397 e. The van der Waals surface area contributed by atoms with E-state index in [4.69, 9.17) is 5.73 Å². The third-order valence-corrected chi connectivity index (χ3v) is 2.53. The van der Waals surface area contributed by atoms with Crippen LogP contribution in [-0.4, -0.2) is 16.1 Å². The predicted octanol–water partition coefficient (Wildman–Crippen LogP) is 1.86. The molecule has 0 bridgehead atoms. The number of carbonyl (C=O) groups excluding carboxylic acids is 1. The molecular formula is C12H14N4O. The van der Waals surface area contributed by atoms with Gasteiger partial charge in [0.2, 0.25) is 0 Å². The van der Waals surface area contributed by atoms with Crippen LogP contribution < -0.4 is 11.1 Å². The molecule has 0 fully saturated rings. The van der Waals surface area contributed by atoms with E-state index in [0.717, 1.165) is 11.3 Å². The Kier molecular flexibility index (Phi) is 2.82. The number of rotatable bonds is 2. The Morgan fingerprint density at radius 2 is 2.18 bits per heavy atom. The van der Waals surface area contributed by atoms with Crippen molar-refractivity contribution in [3.8, 4) is 0 Å². The largest absolute Gasteiger partial charge is 0.397 e. The Morgan fingerprint density at radius 1 is 1.41 bits per heavy atom. The summed E-state index contributed by atoms with van der Waals surface area (Å²) in [6, 6.07) is 5.50. The number of anilines is 2. The molecule has 0 unspecified atom stereocenters. The maximum absolute atomic E-state index is 11.9. The van der Waals surface area contributed by atoms with Crippen molar-refractivity contribution in [1.29, 1.82) is 0 Å². The first kappa shape index (κ1) is 11.2. The molecule has 5 nitrogen and oxygen atoms in total. The molecule has 0 aliphatic carbocycles. The molecule has 0 radical (unpaired) electrons. The number of aromatic amines is 1. The van der Waals surface area contributed by atoms with E-state index in [2.05, 4.69) is 15.5 Å². The number of aryl methyl sites for hydroxylation is 2. The van der Waals surface area contributed by atoms with Crippen molar-refractivity contribution in [2.45, 2.75) is 13.8 Å². The summed E-state index contributed by atoms with van der Waals surface area (Å²) in [6.45, 7) is 3.74. The van der Waals surface area contributed by atoms with E-state index in [1.165, 1.54) is 6.20 Å². The van der Waals surface area contributed by atoms with Gasteiger partial charge in [-0.15, -0.1) is 0 Å². The molecule has 0 spiro atoms. The molecule has 4 N–H and O–H groups in total. The first-order chi connectivity index (χ1) is 8.08. The van der Waals surface area contributed by atoms with Gasteiger partial charge in [-0.3, -0.25) is 9.89 Å². The summed E-state index contributed by atoms with van der Waals surface area (Å²) in [7, 11) is 0. The molecule has 17 heavy (non-hydrogen) atoms. The first-order valence-corrected chi connectivity index (χ1v) is 5.25. The van der Waals surface area contributed by atoms with E-state index in [1.807, 2.05) is 19.1 Å². The van der Waals surface area contributed by atoms with E-state index in [0.29, 0.717) is 16.9 Å². The van der Waals surface area contributed by atoms with Crippen LogP contribution in [0.2, 0.25) is 0 Å². The molecule has 1 aromatic carbocycles. The molecule has 0 saturated heterocycles. The molecule has 2 aromatic rings. The summed E-state index contributed by atoms with van der Waals surface area (Å²) in [5, 5.41) is 9.30. The third kappa shape index (κ3) is 2.28. The van der Waals surface area contributed by atoms with Gasteiger partial charge in [-0.05, 0) is 31.5 Å². The van der Waals surface area contributed by atoms with Crippen molar-refractivity contribution in [3.05, 3.63) is 41.2 Å². The highest BCUT2D eigenvalue weighted by molar-refractivity contribution is 6.06. The molecule has 1 heterocycles. The zero-order valence-corrected chi connectivity index (χ0v) is 9.74. The monoisotopic (exact) mass is 230 g/mol. The van der Waals surface area contributed by atoms with Gasteiger partial charge in [-0.1, -0.05) is 6.07 Å². The summed E-state index contributed by atoms with van der Waals surface area (Å²) in [4.78, 5) is 11.9. The third-order valence-electron chi connectivity index (χ3n) is 2.53. The van der Waals surface area contributed by atoms with Gasteiger partial charge in [0.15, 0.2) is 0 Å². The average Bonchev–Trinajstić information content (AvgIpc) is 2.70. The van der Waals surface area contributed by atoms with E-state index >= 15 is 0 Å². The number of nitrogens with one attached hydrogen (secondary N) is 2. The number of H-pyrrole nitrogens is 1. The van der Waals surface area contributed by atoms with Crippen molar-refractivity contribution in [2.75, 3.05) is 11.1 Å². The van der Waals surface area contributed by atoms with Crippen molar-refractivity contribution in [1.82, 2.24) is 10.2 Å². The first-order valence-electron chi connectivity index (χ1n) is 5.25. The van der Waals surface area contributed by atoms with Gasteiger partial charge in [-0.2, -0.15) is 5.10 Å². The second-order valence-corrected chi connectivity index (χ2v) is 3.95. The van der Waals surface area contributed by atoms with Gasteiger partial charge in [-0.25, -0.2) is 0 Å². The highest BCUT2D eigenvalue weighted by Crippen LogP contribution is 2.20. The standard InChI is InChI=1S/C12H14N4O/c1-7-3-4-10(13)11(5-7)15-12(17)9-6-14-16-8(9)2/h3-6H,13H2,1-2H3,(H,14,16)(H,15,17). The number of carbonyl (C=O) groups is 1. The number of benzene rings is 1. The number of hydrogen-bond donors (Lipinski definition) is 3. The van der Waals surface area contributed by atoms with Crippen molar-refractivity contribution < 1.29 is 4.79 Å². The number of amides is 1. The maximum Gasteiger partial charge on any atom is 0.259 e. The smallest absolute Gasteiger partial charge is 0.259 e. The van der Waals surface area contributed by atoms with Crippen LogP contribution in [0.1, 0.15) is 21.6 Å². The molecular weight excluding hydrogens is 216 g/mol. The Hall–Kier alpha value is -2.30. The Bertz CT molecular complexity index is 559. The van der Waals surface area contributed by atoms with Crippen LogP contribution in [0.25, 0.3) is 0 Å². The second-order valence-electron chi connectivity index (χ2n) is 3.95. The quantitative estimate of drug-likeness (QED) is 0.688. The fourth-order valence-corrected chi connectivity index (χ4v) is 1.55. The Balaban J connectivity index is 2.24. The highest BCUT2D eigenvalue weighted by Gasteiger charge is 2.12. The highest BCUT2D eigenvalue weighted by atomic mass is 16.1. The summed E-state index contributed by atoms with van der Waals surface area (Å²) in [6.07, 6.45) is 1.50. The number of aromatic nitrogens is 2. The van der Waals surface area contributed by atoms with E-state index in [9.17, 15) is 4.79 Å². The molecule has 0 aliphatic heterocycles. The van der Waals surface area contributed by atoms with E-state index < -0.39 is 0 Å². The average molecular weight is 230 g/mol. The minimum atomic E-state index is -0.214. The lowest BCUT2D eigenvalue weighted by Crippen LogP contribution is -2.13. The van der Waals surface area contributed by atoms with Crippen LogP contribution in [-0.2, 0) is 0 Å². The number of nitrogen functional groups attached to an aromatic ring is 1. The Labute approximate surface area is 99.0 Å². The fraction of sp³-hybridized carbons (Fsp3) is 0.167. The predicted molar refractivity (Wildman–Crippen MR) is 66.9 cm³/mol. The van der Waals surface area contributed by atoms with Crippen molar-refractivity contribution in [3.63, 3.8) is 0 Å². The van der Waals surface area contributed by atoms with Crippen molar-refractivity contribution in [2.24, 2.45) is 0 Å². The number of hydrogen-bond acceptors (Lipinski definition) is 3. The van der Waals surface area contributed by atoms with Gasteiger partial charge in [0.05, 0.1) is 23.1 Å². The molecule has 1 amide bonds.